The van der Waals surface area contributed by atoms with E-state index in [9.17, 15) is 14.4 Å². The summed E-state index contributed by atoms with van der Waals surface area (Å²) < 4.78 is 1.07. The maximum Gasteiger partial charge on any atom is 0.255 e. The monoisotopic (exact) mass is 446 g/mol. The minimum Gasteiger partial charge on any atom is -0.322 e. The van der Waals surface area contributed by atoms with E-state index in [4.69, 9.17) is 0 Å². The molecule has 6 heteroatoms. The highest BCUT2D eigenvalue weighted by Gasteiger charge is 2.40. The first kappa shape index (κ1) is 16.3. The predicted octanol–water partition coefficient (Wildman–Crippen LogP) is 2.72. The second kappa shape index (κ2) is 6.25. The van der Waals surface area contributed by atoms with Crippen LogP contribution in [0.5, 0.6) is 0 Å². The summed E-state index contributed by atoms with van der Waals surface area (Å²) in [5.41, 5.74) is 3.49. The number of benzene rings is 2. The van der Waals surface area contributed by atoms with Gasteiger partial charge in [0.25, 0.3) is 5.91 Å². The minimum atomic E-state index is -0.583. The lowest BCUT2D eigenvalue weighted by Crippen LogP contribution is -2.52. The van der Waals surface area contributed by atoms with E-state index >= 15 is 0 Å². The van der Waals surface area contributed by atoms with Crippen LogP contribution in [0, 0.1) is 3.57 Å². The molecular formula is C19H15IN2O3. The highest BCUT2D eigenvalue weighted by atomic mass is 127. The largest absolute Gasteiger partial charge is 0.322 e. The molecule has 0 aromatic heterocycles. The van der Waals surface area contributed by atoms with Crippen molar-refractivity contribution in [2.75, 3.05) is 0 Å². The standard InChI is InChI=1S/C19H15IN2O3/c20-14-7-2-1-5-12(14)13-6-3-4-11-10-22(19(25)17(11)13)15-8-9-16(23)21-18(15)24/h1-7,15H,8-10H2,(H,21,23,24). The number of nitrogens with one attached hydrogen (secondary N) is 1. The first-order chi connectivity index (χ1) is 12.1. The van der Waals surface area contributed by atoms with Gasteiger partial charge < -0.3 is 4.90 Å². The van der Waals surface area contributed by atoms with Crippen LogP contribution in [0.4, 0.5) is 0 Å². The maximum atomic E-state index is 13.1. The van der Waals surface area contributed by atoms with Crippen molar-refractivity contribution >= 4 is 40.3 Å². The zero-order valence-electron chi connectivity index (χ0n) is 13.3. The Morgan fingerprint density at radius 2 is 1.76 bits per heavy atom. The Morgan fingerprint density at radius 3 is 2.52 bits per heavy atom. The van der Waals surface area contributed by atoms with Gasteiger partial charge in [0, 0.05) is 16.5 Å². The Morgan fingerprint density at radius 1 is 1.00 bits per heavy atom. The van der Waals surface area contributed by atoms with Crippen molar-refractivity contribution in [3.63, 3.8) is 0 Å². The van der Waals surface area contributed by atoms with Gasteiger partial charge in [-0.3, -0.25) is 19.7 Å². The van der Waals surface area contributed by atoms with E-state index in [0.717, 1.165) is 20.3 Å². The van der Waals surface area contributed by atoms with Crippen LogP contribution in [-0.4, -0.2) is 28.7 Å². The molecule has 5 nitrogen and oxygen atoms in total. The van der Waals surface area contributed by atoms with Crippen LogP contribution in [0.15, 0.2) is 42.5 Å². The molecule has 2 aromatic carbocycles. The lowest BCUT2D eigenvalue weighted by atomic mass is 9.97. The van der Waals surface area contributed by atoms with Crippen LogP contribution < -0.4 is 5.32 Å². The number of amides is 3. The molecule has 1 saturated heterocycles. The lowest BCUT2D eigenvalue weighted by molar-refractivity contribution is -0.136. The van der Waals surface area contributed by atoms with Gasteiger partial charge >= 0.3 is 0 Å². The van der Waals surface area contributed by atoms with Crippen LogP contribution in [0.25, 0.3) is 11.1 Å². The molecule has 25 heavy (non-hydrogen) atoms. The van der Waals surface area contributed by atoms with Crippen molar-refractivity contribution in [1.29, 1.82) is 0 Å². The zero-order valence-corrected chi connectivity index (χ0v) is 15.4. The maximum absolute atomic E-state index is 13.1. The number of fused-ring (bicyclic) bond motifs is 1. The van der Waals surface area contributed by atoms with Gasteiger partial charge in [-0.1, -0.05) is 36.4 Å². The molecule has 1 unspecified atom stereocenters. The number of halogens is 1. The summed E-state index contributed by atoms with van der Waals surface area (Å²) in [4.78, 5) is 38.2. The van der Waals surface area contributed by atoms with Crippen molar-refractivity contribution in [1.82, 2.24) is 10.2 Å². The van der Waals surface area contributed by atoms with Crippen molar-refractivity contribution in [2.24, 2.45) is 0 Å². The Hall–Kier alpha value is -2.22. The zero-order chi connectivity index (χ0) is 17.6. The third-order valence-electron chi connectivity index (χ3n) is 4.72. The second-order valence-corrected chi connectivity index (χ2v) is 7.38. The summed E-state index contributed by atoms with van der Waals surface area (Å²) in [6, 6.07) is 13.2. The van der Waals surface area contributed by atoms with Crippen molar-refractivity contribution in [2.45, 2.75) is 25.4 Å². The van der Waals surface area contributed by atoms with Crippen molar-refractivity contribution in [3.8, 4) is 11.1 Å². The summed E-state index contributed by atoms with van der Waals surface area (Å²) in [5, 5.41) is 2.34. The lowest BCUT2D eigenvalue weighted by Gasteiger charge is -2.29. The molecule has 2 aromatic rings. The summed E-state index contributed by atoms with van der Waals surface area (Å²) in [7, 11) is 0. The number of hydrogen-bond acceptors (Lipinski definition) is 3. The highest BCUT2D eigenvalue weighted by molar-refractivity contribution is 14.1. The minimum absolute atomic E-state index is 0.139. The van der Waals surface area contributed by atoms with E-state index in [-0.39, 0.29) is 24.1 Å². The Bertz CT molecular complexity index is 909. The van der Waals surface area contributed by atoms with Crippen LogP contribution in [0.2, 0.25) is 0 Å². The summed E-state index contributed by atoms with van der Waals surface area (Å²) in [6.07, 6.45) is 0.641. The third kappa shape index (κ3) is 2.74. The number of nitrogens with zero attached hydrogens (tertiary/aromatic N) is 1. The average molecular weight is 446 g/mol. The fourth-order valence-electron chi connectivity index (χ4n) is 3.52. The van der Waals surface area contributed by atoms with Crippen LogP contribution in [-0.2, 0) is 16.1 Å². The van der Waals surface area contributed by atoms with Crippen LogP contribution in [0.1, 0.15) is 28.8 Å². The van der Waals surface area contributed by atoms with Crippen LogP contribution >= 0.6 is 22.6 Å². The van der Waals surface area contributed by atoms with E-state index in [1.807, 2.05) is 42.5 Å². The quantitative estimate of drug-likeness (QED) is 0.570. The molecule has 2 aliphatic rings. The second-order valence-electron chi connectivity index (χ2n) is 6.22. The number of carbonyl (C=O) groups excluding carboxylic acids is 3. The fourth-order valence-corrected chi connectivity index (χ4v) is 4.20. The van der Waals surface area contributed by atoms with Gasteiger partial charge in [-0.2, -0.15) is 0 Å². The first-order valence-corrected chi connectivity index (χ1v) is 9.15. The average Bonchev–Trinajstić information content (AvgIpc) is 2.92. The number of imide groups is 1. The van der Waals surface area contributed by atoms with E-state index in [0.29, 0.717) is 18.5 Å². The number of carbonyl (C=O) groups is 3. The molecule has 1 N–H and O–H groups in total. The SMILES string of the molecule is O=C1CCC(N2Cc3cccc(-c4ccccc4I)c3C2=O)C(=O)N1. The van der Waals surface area contributed by atoms with Crippen molar-refractivity contribution < 1.29 is 14.4 Å². The molecule has 4 rings (SSSR count). The molecule has 2 aliphatic heterocycles. The van der Waals surface area contributed by atoms with E-state index in [1.165, 1.54) is 0 Å². The molecule has 2 heterocycles. The van der Waals surface area contributed by atoms with Gasteiger partial charge in [-0.05, 0) is 51.8 Å². The number of piperidine rings is 1. The van der Waals surface area contributed by atoms with E-state index in [1.54, 1.807) is 4.90 Å². The molecule has 1 fully saturated rings. The molecule has 0 saturated carbocycles. The highest BCUT2D eigenvalue weighted by Crippen LogP contribution is 2.36. The molecule has 1 atom stereocenters. The van der Waals surface area contributed by atoms with Gasteiger partial charge in [-0.25, -0.2) is 0 Å². The normalized spacial score (nSPS) is 19.8. The van der Waals surface area contributed by atoms with Gasteiger partial charge in [-0.15, -0.1) is 0 Å². The Kier molecular flexibility index (Phi) is 4.07. The molecule has 0 bridgehead atoms. The Labute approximate surface area is 158 Å². The van der Waals surface area contributed by atoms with Gasteiger partial charge in [0.2, 0.25) is 11.8 Å². The number of rotatable bonds is 2. The Balaban J connectivity index is 1.74. The van der Waals surface area contributed by atoms with E-state index < -0.39 is 6.04 Å². The third-order valence-corrected chi connectivity index (χ3v) is 5.66. The van der Waals surface area contributed by atoms with Gasteiger partial charge in [0.05, 0.1) is 5.56 Å². The summed E-state index contributed by atoms with van der Waals surface area (Å²) in [5.74, 6) is -0.794. The molecule has 0 radical (unpaired) electrons. The van der Waals surface area contributed by atoms with Gasteiger partial charge in [0.15, 0.2) is 0 Å². The molecule has 126 valence electrons. The topological polar surface area (TPSA) is 66.5 Å². The first-order valence-electron chi connectivity index (χ1n) is 8.07. The fraction of sp³-hybridized carbons (Fsp3) is 0.211. The molecule has 0 aliphatic carbocycles. The van der Waals surface area contributed by atoms with Gasteiger partial charge in [0.1, 0.15) is 6.04 Å². The van der Waals surface area contributed by atoms with Crippen molar-refractivity contribution in [3.05, 3.63) is 57.2 Å². The van der Waals surface area contributed by atoms with Crippen LogP contribution in [0.3, 0.4) is 0 Å². The summed E-state index contributed by atoms with van der Waals surface area (Å²) >= 11 is 2.26. The summed E-state index contributed by atoms with van der Waals surface area (Å²) in [6.45, 7) is 0.400. The molecule has 0 spiro atoms. The number of hydrogen-bond donors (Lipinski definition) is 1. The molecular weight excluding hydrogens is 431 g/mol. The smallest absolute Gasteiger partial charge is 0.255 e. The van der Waals surface area contributed by atoms with E-state index in [2.05, 4.69) is 27.9 Å². The molecule has 3 amide bonds. The predicted molar refractivity (Wildman–Crippen MR) is 101 cm³/mol.